The minimum Gasteiger partial charge on any atom is -0.456 e. The molecule has 0 bridgehead atoms. The molecule has 162 valence electrons. The van der Waals surface area contributed by atoms with Gasteiger partial charge in [-0.1, -0.05) is 91.0 Å². The van der Waals surface area contributed by atoms with Gasteiger partial charge >= 0.3 is 0 Å². The van der Waals surface area contributed by atoms with E-state index in [4.69, 9.17) is 4.74 Å². The van der Waals surface area contributed by atoms with E-state index < -0.39 is 0 Å². The summed E-state index contributed by atoms with van der Waals surface area (Å²) in [6.45, 7) is 0. The highest BCUT2D eigenvalue weighted by Crippen LogP contribution is 2.49. The Morgan fingerprint density at radius 3 is 1.89 bits per heavy atom. The lowest BCUT2D eigenvalue weighted by Gasteiger charge is -2.23. The number of rotatable bonds is 1. The fourth-order valence-electron chi connectivity index (χ4n) is 5.82. The summed E-state index contributed by atoms with van der Waals surface area (Å²) in [7, 11) is 0. The minimum absolute atomic E-state index is 0.919. The summed E-state index contributed by atoms with van der Waals surface area (Å²) >= 11 is 0. The van der Waals surface area contributed by atoms with Gasteiger partial charge in [0, 0.05) is 10.9 Å². The van der Waals surface area contributed by atoms with Crippen molar-refractivity contribution in [2.75, 3.05) is 0 Å². The molecule has 0 saturated heterocycles. The molecule has 0 atom stereocenters. The number of hydrogen-bond acceptors (Lipinski definition) is 1. The molecule has 1 heteroatoms. The van der Waals surface area contributed by atoms with Gasteiger partial charge in [0.25, 0.3) is 0 Å². The lowest BCUT2D eigenvalue weighted by molar-refractivity contribution is 0.487. The molecule has 1 aliphatic heterocycles. The topological polar surface area (TPSA) is 9.23 Å². The summed E-state index contributed by atoms with van der Waals surface area (Å²) in [5.74, 6) is 1.84. The normalized spacial score (nSPS) is 12.2. The predicted molar refractivity (Wildman–Crippen MR) is 147 cm³/mol. The summed E-state index contributed by atoms with van der Waals surface area (Å²) < 4.78 is 6.36. The molecule has 0 saturated carbocycles. The summed E-state index contributed by atoms with van der Waals surface area (Å²) in [5.41, 5.74) is 4.88. The Morgan fingerprint density at radius 2 is 1.00 bits per heavy atom. The first-order valence-electron chi connectivity index (χ1n) is 12.0. The molecular formula is C34H20O. The van der Waals surface area contributed by atoms with Crippen LogP contribution in [-0.2, 0) is 0 Å². The Morgan fingerprint density at radius 1 is 0.343 bits per heavy atom. The smallest absolute Gasteiger partial charge is 0.135 e. The average molecular weight is 445 g/mol. The highest BCUT2D eigenvalue weighted by atomic mass is 16.5. The van der Waals surface area contributed by atoms with E-state index in [-0.39, 0.29) is 0 Å². The molecule has 35 heavy (non-hydrogen) atoms. The molecule has 0 fully saturated rings. The SMILES string of the molecule is c1ccc2c(c1)Oc1cccc3c(-c4cc5ccccc5c5cc6ccccc6cc45)ccc-2c13. The van der Waals surface area contributed by atoms with Crippen LogP contribution >= 0.6 is 0 Å². The van der Waals surface area contributed by atoms with Crippen LogP contribution in [0.15, 0.2) is 121 Å². The molecule has 0 aliphatic carbocycles. The Bertz CT molecular complexity index is 1980. The van der Waals surface area contributed by atoms with Gasteiger partial charge in [-0.15, -0.1) is 0 Å². The minimum atomic E-state index is 0.919. The summed E-state index contributed by atoms with van der Waals surface area (Å²) in [6.07, 6.45) is 0. The average Bonchev–Trinajstić information content (AvgIpc) is 2.92. The first-order chi connectivity index (χ1) is 17.3. The van der Waals surface area contributed by atoms with Gasteiger partial charge in [-0.3, -0.25) is 0 Å². The van der Waals surface area contributed by atoms with Crippen molar-refractivity contribution >= 4 is 43.1 Å². The summed E-state index contributed by atoms with van der Waals surface area (Å²) in [6, 6.07) is 43.7. The van der Waals surface area contributed by atoms with Gasteiger partial charge in [0.1, 0.15) is 11.5 Å². The Hall–Kier alpha value is -4.62. The van der Waals surface area contributed by atoms with Gasteiger partial charge < -0.3 is 4.74 Å². The van der Waals surface area contributed by atoms with E-state index in [2.05, 4.69) is 109 Å². The monoisotopic (exact) mass is 444 g/mol. The van der Waals surface area contributed by atoms with E-state index in [0.717, 1.165) is 17.1 Å². The molecule has 0 amide bonds. The van der Waals surface area contributed by atoms with Crippen LogP contribution in [0, 0.1) is 0 Å². The van der Waals surface area contributed by atoms with Gasteiger partial charge in [-0.25, -0.2) is 0 Å². The Balaban J connectivity index is 1.52. The molecule has 7 aromatic rings. The van der Waals surface area contributed by atoms with Crippen molar-refractivity contribution in [2.24, 2.45) is 0 Å². The third-order valence-corrected chi connectivity index (χ3v) is 7.42. The molecule has 1 nitrogen and oxygen atoms in total. The van der Waals surface area contributed by atoms with Crippen LogP contribution in [0.2, 0.25) is 0 Å². The standard InChI is InChI=1S/C34H20O/c1-2-9-22-19-31-29(18-21(22)8-1)24-11-4-3-10-23(24)20-30(31)25-16-17-28-26-12-5-6-14-32(26)35-33-15-7-13-27(25)34(28)33/h1-20H. The fraction of sp³-hybridized carbons (Fsp3) is 0. The second-order valence-electron chi connectivity index (χ2n) is 9.33. The van der Waals surface area contributed by atoms with E-state index in [1.165, 1.54) is 59.8 Å². The zero-order chi connectivity index (χ0) is 22.9. The van der Waals surface area contributed by atoms with Crippen LogP contribution in [0.5, 0.6) is 11.5 Å². The zero-order valence-corrected chi connectivity index (χ0v) is 19.0. The maximum atomic E-state index is 6.36. The Labute approximate surface area is 202 Å². The van der Waals surface area contributed by atoms with Crippen LogP contribution in [0.4, 0.5) is 0 Å². The van der Waals surface area contributed by atoms with Crippen LogP contribution in [0.3, 0.4) is 0 Å². The quantitative estimate of drug-likeness (QED) is 0.181. The molecule has 7 aromatic carbocycles. The molecule has 0 radical (unpaired) electrons. The molecule has 0 aromatic heterocycles. The zero-order valence-electron chi connectivity index (χ0n) is 19.0. The maximum Gasteiger partial charge on any atom is 0.135 e. The molecule has 1 heterocycles. The van der Waals surface area contributed by atoms with Gasteiger partial charge in [0.15, 0.2) is 0 Å². The van der Waals surface area contributed by atoms with Gasteiger partial charge in [0.2, 0.25) is 0 Å². The second kappa shape index (κ2) is 6.94. The molecule has 0 spiro atoms. The van der Waals surface area contributed by atoms with Crippen molar-refractivity contribution in [2.45, 2.75) is 0 Å². The third kappa shape index (κ3) is 2.64. The van der Waals surface area contributed by atoms with Crippen LogP contribution in [-0.4, -0.2) is 0 Å². The van der Waals surface area contributed by atoms with Crippen molar-refractivity contribution in [1.82, 2.24) is 0 Å². The number of hydrogen-bond donors (Lipinski definition) is 0. The van der Waals surface area contributed by atoms with E-state index in [9.17, 15) is 0 Å². The van der Waals surface area contributed by atoms with E-state index in [0.29, 0.717) is 0 Å². The largest absolute Gasteiger partial charge is 0.456 e. The van der Waals surface area contributed by atoms with E-state index >= 15 is 0 Å². The number of para-hydroxylation sites is 1. The summed E-state index contributed by atoms with van der Waals surface area (Å²) in [4.78, 5) is 0. The molecule has 0 unspecified atom stereocenters. The maximum absolute atomic E-state index is 6.36. The van der Waals surface area contributed by atoms with Crippen LogP contribution in [0.1, 0.15) is 0 Å². The molecular weight excluding hydrogens is 424 g/mol. The van der Waals surface area contributed by atoms with Crippen LogP contribution in [0.25, 0.3) is 65.3 Å². The van der Waals surface area contributed by atoms with E-state index in [1.807, 2.05) is 12.1 Å². The predicted octanol–water partition coefficient (Wildman–Crippen LogP) is 9.74. The first kappa shape index (κ1) is 18.8. The molecule has 8 rings (SSSR count). The van der Waals surface area contributed by atoms with Crippen molar-refractivity contribution in [3.63, 3.8) is 0 Å². The van der Waals surface area contributed by atoms with Gasteiger partial charge in [0.05, 0.1) is 0 Å². The number of ether oxygens (including phenoxy) is 1. The summed E-state index contributed by atoms with van der Waals surface area (Å²) in [5, 5.41) is 10.1. The van der Waals surface area contributed by atoms with Crippen molar-refractivity contribution in [1.29, 1.82) is 0 Å². The number of fused-ring (bicyclic) bond motifs is 6. The van der Waals surface area contributed by atoms with Gasteiger partial charge in [-0.05, 0) is 84.7 Å². The fourth-order valence-corrected chi connectivity index (χ4v) is 5.82. The van der Waals surface area contributed by atoms with Gasteiger partial charge in [-0.2, -0.15) is 0 Å². The number of benzene rings is 7. The first-order valence-corrected chi connectivity index (χ1v) is 12.0. The molecule has 1 aliphatic rings. The van der Waals surface area contributed by atoms with Crippen molar-refractivity contribution in [3.05, 3.63) is 121 Å². The lowest BCUT2D eigenvalue weighted by Crippen LogP contribution is -1.97. The third-order valence-electron chi connectivity index (χ3n) is 7.42. The highest BCUT2D eigenvalue weighted by Gasteiger charge is 2.22. The lowest BCUT2D eigenvalue weighted by atomic mass is 9.86. The van der Waals surface area contributed by atoms with E-state index in [1.54, 1.807) is 0 Å². The second-order valence-corrected chi connectivity index (χ2v) is 9.33. The molecule has 0 N–H and O–H groups in total. The van der Waals surface area contributed by atoms with Crippen molar-refractivity contribution < 1.29 is 4.74 Å². The van der Waals surface area contributed by atoms with Crippen molar-refractivity contribution in [3.8, 4) is 33.8 Å². The Kier molecular flexibility index (Phi) is 3.72. The van der Waals surface area contributed by atoms with Crippen LogP contribution < -0.4 is 4.74 Å². The highest BCUT2D eigenvalue weighted by molar-refractivity contribution is 6.20.